The van der Waals surface area contributed by atoms with Crippen molar-refractivity contribution in [3.63, 3.8) is 0 Å². The van der Waals surface area contributed by atoms with Crippen molar-refractivity contribution >= 4 is 25.7 Å². The lowest BCUT2D eigenvalue weighted by molar-refractivity contribution is -0.147. The summed E-state index contributed by atoms with van der Waals surface area (Å²) in [6, 6.07) is -1.57. The van der Waals surface area contributed by atoms with Gasteiger partial charge in [0.25, 0.3) is 0 Å². The van der Waals surface area contributed by atoms with Gasteiger partial charge in [0.1, 0.15) is 12.7 Å². The Labute approximate surface area is 350 Å². The molecule has 0 spiro atoms. The summed E-state index contributed by atoms with van der Waals surface area (Å²) in [5.41, 5.74) is 0. The van der Waals surface area contributed by atoms with Crippen LogP contribution in [0.25, 0.3) is 0 Å². The molecular weight excluding hydrogens is 757 g/mol. The summed E-state index contributed by atoms with van der Waals surface area (Å²) in [6.45, 7) is 2.41. The number of rotatable bonds is 40. The molecule has 0 aliphatic carbocycles. The van der Waals surface area contributed by atoms with Gasteiger partial charge in [0.2, 0.25) is 5.91 Å². The van der Waals surface area contributed by atoms with E-state index in [4.69, 9.17) is 13.8 Å². The third-order valence-electron chi connectivity index (χ3n) is 8.98. The predicted molar refractivity (Wildman–Crippen MR) is 235 cm³/mol. The molecule has 11 nitrogen and oxygen atoms in total. The van der Waals surface area contributed by atoms with Crippen molar-refractivity contribution in [3.8, 4) is 0 Å². The summed E-state index contributed by atoms with van der Waals surface area (Å²) in [7, 11) is -4.77. The number of aliphatic hydroxyl groups is 1. The summed E-state index contributed by atoms with van der Waals surface area (Å²) >= 11 is 0. The minimum atomic E-state index is -4.77. The van der Waals surface area contributed by atoms with Crippen molar-refractivity contribution in [1.82, 2.24) is 5.32 Å². The molecule has 4 N–H and O–H groups in total. The molecule has 0 heterocycles. The molecular formula is C46H78NO10P. The number of hydrogen-bond acceptors (Lipinski definition) is 8. The number of carbonyl (C=O) groups is 3. The van der Waals surface area contributed by atoms with Crippen LogP contribution in [0.3, 0.4) is 0 Å². The van der Waals surface area contributed by atoms with E-state index < -0.39 is 57.6 Å². The number of carboxylic acid groups (broad SMARTS) is 1. The van der Waals surface area contributed by atoms with Crippen LogP contribution in [0.5, 0.6) is 0 Å². The summed E-state index contributed by atoms with van der Waals surface area (Å²) < 4.78 is 26.8. The Balaban J connectivity index is 3.95. The number of ether oxygens (including phenoxy) is 1. The first-order valence-corrected chi connectivity index (χ1v) is 23.5. The number of unbranched alkanes of at least 4 members (excludes halogenated alkanes) is 14. The van der Waals surface area contributed by atoms with Gasteiger partial charge in [-0.25, -0.2) is 9.36 Å². The maximum Gasteiger partial charge on any atom is 0.472 e. The molecule has 0 aromatic carbocycles. The number of phosphoric acid groups is 1. The lowest BCUT2D eigenvalue weighted by Gasteiger charge is -2.18. The van der Waals surface area contributed by atoms with Crippen LogP contribution in [-0.4, -0.2) is 64.9 Å². The monoisotopic (exact) mass is 836 g/mol. The van der Waals surface area contributed by atoms with Crippen LogP contribution >= 0.6 is 7.82 Å². The van der Waals surface area contributed by atoms with Crippen LogP contribution in [0.4, 0.5) is 0 Å². The molecule has 3 atom stereocenters. The van der Waals surface area contributed by atoms with Gasteiger partial charge in [0.05, 0.1) is 13.2 Å². The number of carboxylic acids is 1. The number of nitrogens with one attached hydrogen (secondary N) is 1. The van der Waals surface area contributed by atoms with E-state index in [0.717, 1.165) is 70.6 Å². The predicted octanol–water partition coefficient (Wildman–Crippen LogP) is 11.3. The van der Waals surface area contributed by atoms with E-state index in [9.17, 15) is 34.1 Å². The number of phosphoric ester groups is 1. The van der Waals surface area contributed by atoms with Gasteiger partial charge >= 0.3 is 19.8 Å². The van der Waals surface area contributed by atoms with Crippen LogP contribution in [0.2, 0.25) is 0 Å². The van der Waals surface area contributed by atoms with Crippen molar-refractivity contribution in [1.29, 1.82) is 0 Å². The maximum atomic E-state index is 12.3. The second-order valence-corrected chi connectivity index (χ2v) is 16.0. The first-order chi connectivity index (χ1) is 28.1. The summed E-state index contributed by atoms with van der Waals surface area (Å²) in [4.78, 5) is 45.9. The highest BCUT2D eigenvalue weighted by molar-refractivity contribution is 7.47. The molecule has 0 aromatic heterocycles. The molecule has 0 fully saturated rings. The van der Waals surface area contributed by atoms with E-state index in [2.05, 4.69) is 86.0 Å². The fourth-order valence-electron chi connectivity index (χ4n) is 5.57. The molecule has 0 bridgehead atoms. The molecule has 1 amide bonds. The van der Waals surface area contributed by atoms with Crippen molar-refractivity contribution in [2.24, 2.45) is 0 Å². The average molecular weight is 836 g/mol. The SMILES string of the molecule is CC/C=C\C/C=C\C/C=C\C/C=C\CCCCC(=O)NC(COP(=O)(O)OCC(O)COC(=O)CCCCCCCCCCC/C=C\C/C=C\CCCCC)C(=O)O. The average Bonchev–Trinajstić information content (AvgIpc) is 3.20. The van der Waals surface area contributed by atoms with Gasteiger partial charge in [0, 0.05) is 12.8 Å². The van der Waals surface area contributed by atoms with Gasteiger partial charge in [-0.15, -0.1) is 0 Å². The normalized spacial score (nSPS) is 14.4. The third-order valence-corrected chi connectivity index (χ3v) is 9.93. The van der Waals surface area contributed by atoms with E-state index in [1.54, 1.807) is 0 Å². The van der Waals surface area contributed by atoms with Gasteiger partial charge in [-0.05, 0) is 83.5 Å². The van der Waals surface area contributed by atoms with Crippen LogP contribution in [0.1, 0.15) is 168 Å². The summed E-state index contributed by atoms with van der Waals surface area (Å²) in [6.07, 6.45) is 47.9. The second-order valence-electron chi connectivity index (χ2n) is 14.5. The Morgan fingerprint density at radius 1 is 0.569 bits per heavy atom. The molecule has 0 aliphatic rings. The van der Waals surface area contributed by atoms with E-state index in [0.29, 0.717) is 12.8 Å². The molecule has 58 heavy (non-hydrogen) atoms. The second kappa shape index (κ2) is 40.7. The number of allylic oxidation sites excluding steroid dienone is 12. The lowest BCUT2D eigenvalue weighted by atomic mass is 10.1. The van der Waals surface area contributed by atoms with Gasteiger partial charge in [-0.2, -0.15) is 0 Å². The molecule has 0 saturated heterocycles. The van der Waals surface area contributed by atoms with Crippen molar-refractivity contribution in [2.45, 2.75) is 180 Å². The number of esters is 1. The zero-order valence-electron chi connectivity index (χ0n) is 35.8. The first kappa shape index (κ1) is 54.9. The van der Waals surface area contributed by atoms with Crippen LogP contribution in [-0.2, 0) is 32.7 Å². The largest absolute Gasteiger partial charge is 0.480 e. The van der Waals surface area contributed by atoms with Crippen molar-refractivity contribution < 1.29 is 47.8 Å². The first-order valence-electron chi connectivity index (χ1n) is 22.0. The van der Waals surface area contributed by atoms with Crippen molar-refractivity contribution in [3.05, 3.63) is 72.9 Å². The Bertz CT molecular complexity index is 1260. The van der Waals surface area contributed by atoms with E-state index in [1.165, 1.54) is 57.8 Å². The summed E-state index contributed by atoms with van der Waals surface area (Å²) in [5.74, 6) is -2.44. The Kier molecular flexibility index (Phi) is 38.5. The topological polar surface area (TPSA) is 169 Å². The number of hydrogen-bond donors (Lipinski definition) is 4. The number of aliphatic hydroxyl groups excluding tert-OH is 1. The minimum absolute atomic E-state index is 0.0896. The Morgan fingerprint density at radius 2 is 1.00 bits per heavy atom. The zero-order chi connectivity index (χ0) is 42.8. The third kappa shape index (κ3) is 39.7. The smallest absolute Gasteiger partial charge is 0.472 e. The molecule has 3 unspecified atom stereocenters. The highest BCUT2D eigenvalue weighted by Crippen LogP contribution is 2.43. The molecule has 0 rings (SSSR count). The highest BCUT2D eigenvalue weighted by atomic mass is 31.2. The summed E-state index contributed by atoms with van der Waals surface area (Å²) in [5, 5.41) is 21.8. The van der Waals surface area contributed by atoms with Gasteiger partial charge in [-0.1, -0.05) is 145 Å². The zero-order valence-corrected chi connectivity index (χ0v) is 36.7. The fraction of sp³-hybridized carbons (Fsp3) is 0.674. The highest BCUT2D eigenvalue weighted by Gasteiger charge is 2.28. The maximum absolute atomic E-state index is 12.3. The van der Waals surface area contributed by atoms with Crippen LogP contribution in [0.15, 0.2) is 72.9 Å². The van der Waals surface area contributed by atoms with Gasteiger partial charge in [0.15, 0.2) is 6.04 Å². The van der Waals surface area contributed by atoms with Gasteiger partial charge < -0.3 is 25.2 Å². The van der Waals surface area contributed by atoms with Crippen LogP contribution in [0, 0.1) is 0 Å². The van der Waals surface area contributed by atoms with Crippen molar-refractivity contribution in [2.75, 3.05) is 19.8 Å². The molecule has 0 saturated carbocycles. The standard InChI is InChI=1S/C46H78NO10P/c1-3-5-7-9-11-13-15-17-19-20-21-22-24-26-28-30-32-34-36-38-45(50)55-39-42(48)40-56-58(53,54)57-41-43(46(51)52)47-44(49)37-35-33-31-29-27-25-23-18-16-14-12-10-8-6-4-2/h6,8,11-14,17-19,23,27,29,42-43,48H,3-5,7,9-10,15-16,20-22,24-26,28,30-41H2,1-2H3,(H,47,49)(H,51,52)(H,53,54)/b8-6-,13-11-,14-12-,19-17-,23-18-,29-27-. The fourth-order valence-corrected chi connectivity index (χ4v) is 6.34. The van der Waals surface area contributed by atoms with Crippen LogP contribution < -0.4 is 5.32 Å². The molecule has 332 valence electrons. The Hall–Kier alpha value is -3.08. The Morgan fingerprint density at radius 3 is 1.52 bits per heavy atom. The molecule has 0 aromatic rings. The van der Waals surface area contributed by atoms with E-state index >= 15 is 0 Å². The molecule has 0 aliphatic heterocycles. The van der Waals surface area contributed by atoms with E-state index in [1.807, 2.05) is 6.08 Å². The van der Waals surface area contributed by atoms with Gasteiger partial charge in [-0.3, -0.25) is 18.6 Å². The van der Waals surface area contributed by atoms with E-state index in [-0.39, 0.29) is 12.8 Å². The minimum Gasteiger partial charge on any atom is -0.480 e. The lowest BCUT2D eigenvalue weighted by Crippen LogP contribution is -2.43. The molecule has 12 heteroatoms. The number of amides is 1. The molecule has 0 radical (unpaired) electrons. The number of carbonyl (C=O) groups excluding carboxylic acids is 2. The quantitative estimate of drug-likeness (QED) is 0.0202. The number of aliphatic carboxylic acids is 1.